The molecule has 2 aromatic rings. The van der Waals surface area contributed by atoms with Gasteiger partial charge in [0, 0.05) is 17.7 Å². The van der Waals surface area contributed by atoms with Crippen molar-refractivity contribution in [1.29, 1.82) is 0 Å². The van der Waals surface area contributed by atoms with Crippen LogP contribution in [0.3, 0.4) is 0 Å². The van der Waals surface area contributed by atoms with Gasteiger partial charge in [0.05, 0.1) is 6.04 Å². The van der Waals surface area contributed by atoms with E-state index in [2.05, 4.69) is 10.6 Å². The van der Waals surface area contributed by atoms with Crippen molar-refractivity contribution in [3.63, 3.8) is 0 Å². The van der Waals surface area contributed by atoms with Gasteiger partial charge in [-0.15, -0.1) is 0 Å². The maximum absolute atomic E-state index is 12.3. The number of rotatable bonds is 5. The first-order valence-corrected chi connectivity index (χ1v) is 7.36. The van der Waals surface area contributed by atoms with Gasteiger partial charge in [-0.2, -0.15) is 0 Å². The molecule has 0 spiro atoms. The zero-order chi connectivity index (χ0) is 15.9. The molecule has 2 aromatic carbocycles. The van der Waals surface area contributed by atoms with Crippen molar-refractivity contribution in [2.75, 3.05) is 5.32 Å². The van der Waals surface area contributed by atoms with Crippen molar-refractivity contribution in [2.45, 2.75) is 26.3 Å². The summed E-state index contributed by atoms with van der Waals surface area (Å²) in [6.45, 7) is 3.73. The van der Waals surface area contributed by atoms with Crippen LogP contribution in [-0.2, 0) is 4.79 Å². The first-order valence-electron chi connectivity index (χ1n) is 7.36. The van der Waals surface area contributed by atoms with E-state index in [1.165, 1.54) is 0 Å². The van der Waals surface area contributed by atoms with Crippen LogP contribution < -0.4 is 10.6 Å². The SMILES string of the molecule is CCC(=O)Nc1cccc(C(=O)NC(C)c2ccccc2)c1. The molecule has 0 aromatic heterocycles. The van der Waals surface area contributed by atoms with Crippen molar-refractivity contribution >= 4 is 17.5 Å². The molecule has 1 atom stereocenters. The van der Waals surface area contributed by atoms with E-state index in [1.807, 2.05) is 37.3 Å². The van der Waals surface area contributed by atoms with E-state index in [0.717, 1.165) is 5.56 Å². The number of hydrogen-bond acceptors (Lipinski definition) is 2. The third-order valence-corrected chi connectivity index (χ3v) is 3.38. The van der Waals surface area contributed by atoms with Crippen LogP contribution in [0.25, 0.3) is 0 Å². The Morgan fingerprint density at radius 3 is 2.45 bits per heavy atom. The molecule has 0 saturated heterocycles. The lowest BCUT2D eigenvalue weighted by molar-refractivity contribution is -0.115. The molecule has 0 bridgehead atoms. The molecule has 114 valence electrons. The molecule has 0 aliphatic carbocycles. The number of carbonyl (C=O) groups is 2. The third-order valence-electron chi connectivity index (χ3n) is 3.38. The molecule has 0 fully saturated rings. The number of nitrogens with one attached hydrogen (secondary N) is 2. The van der Waals surface area contributed by atoms with Crippen molar-refractivity contribution in [3.05, 3.63) is 65.7 Å². The van der Waals surface area contributed by atoms with Gasteiger partial charge in [0.15, 0.2) is 0 Å². The Kier molecular flexibility index (Phi) is 5.31. The van der Waals surface area contributed by atoms with Gasteiger partial charge in [-0.05, 0) is 30.7 Å². The Labute approximate surface area is 130 Å². The Balaban J connectivity index is 2.06. The van der Waals surface area contributed by atoms with Crippen LogP contribution in [0.5, 0.6) is 0 Å². The van der Waals surface area contributed by atoms with E-state index < -0.39 is 0 Å². The minimum atomic E-state index is -0.163. The van der Waals surface area contributed by atoms with Gasteiger partial charge in [0.1, 0.15) is 0 Å². The number of anilines is 1. The smallest absolute Gasteiger partial charge is 0.251 e. The van der Waals surface area contributed by atoms with Crippen LogP contribution in [0.15, 0.2) is 54.6 Å². The summed E-state index contributed by atoms with van der Waals surface area (Å²) in [4.78, 5) is 23.7. The van der Waals surface area contributed by atoms with Gasteiger partial charge < -0.3 is 10.6 Å². The summed E-state index contributed by atoms with van der Waals surface area (Å²) in [6, 6.07) is 16.6. The summed E-state index contributed by atoms with van der Waals surface area (Å²) in [6.07, 6.45) is 0.404. The zero-order valence-corrected chi connectivity index (χ0v) is 12.8. The number of hydrogen-bond donors (Lipinski definition) is 2. The minimum Gasteiger partial charge on any atom is -0.346 e. The van der Waals surface area contributed by atoms with Gasteiger partial charge in [0.25, 0.3) is 5.91 Å². The normalized spacial score (nSPS) is 11.5. The topological polar surface area (TPSA) is 58.2 Å². The Morgan fingerprint density at radius 1 is 1.05 bits per heavy atom. The lowest BCUT2D eigenvalue weighted by atomic mass is 10.1. The van der Waals surface area contributed by atoms with Gasteiger partial charge in [-0.25, -0.2) is 0 Å². The molecule has 4 heteroatoms. The highest BCUT2D eigenvalue weighted by Crippen LogP contribution is 2.15. The van der Waals surface area contributed by atoms with Crippen LogP contribution in [0, 0.1) is 0 Å². The average Bonchev–Trinajstić information content (AvgIpc) is 2.55. The molecule has 1 unspecified atom stereocenters. The Hall–Kier alpha value is -2.62. The van der Waals surface area contributed by atoms with Crippen LogP contribution >= 0.6 is 0 Å². The van der Waals surface area contributed by atoms with Crippen molar-refractivity contribution in [2.24, 2.45) is 0 Å². The van der Waals surface area contributed by atoms with Crippen LogP contribution in [0.2, 0.25) is 0 Å². The molecule has 4 nitrogen and oxygen atoms in total. The molecule has 2 rings (SSSR count). The van der Waals surface area contributed by atoms with Crippen LogP contribution in [-0.4, -0.2) is 11.8 Å². The summed E-state index contributed by atoms with van der Waals surface area (Å²) in [5.74, 6) is -0.237. The molecule has 0 saturated carbocycles. The molecule has 22 heavy (non-hydrogen) atoms. The van der Waals surface area contributed by atoms with Gasteiger partial charge >= 0.3 is 0 Å². The standard InChI is InChI=1S/C18H20N2O2/c1-3-17(21)20-16-11-7-10-15(12-16)18(22)19-13(2)14-8-5-4-6-9-14/h4-13H,3H2,1-2H3,(H,19,22)(H,20,21). The average molecular weight is 296 g/mol. The quantitative estimate of drug-likeness (QED) is 0.887. The third kappa shape index (κ3) is 4.19. The lowest BCUT2D eigenvalue weighted by Crippen LogP contribution is -2.26. The van der Waals surface area contributed by atoms with E-state index in [1.54, 1.807) is 31.2 Å². The van der Waals surface area contributed by atoms with E-state index in [9.17, 15) is 9.59 Å². The molecular weight excluding hydrogens is 276 g/mol. The fourth-order valence-electron chi connectivity index (χ4n) is 2.09. The molecule has 2 N–H and O–H groups in total. The van der Waals surface area contributed by atoms with Gasteiger partial charge in [-0.3, -0.25) is 9.59 Å². The highest BCUT2D eigenvalue weighted by molar-refractivity contribution is 5.97. The monoisotopic (exact) mass is 296 g/mol. The maximum atomic E-state index is 12.3. The van der Waals surface area contributed by atoms with Crippen molar-refractivity contribution in [3.8, 4) is 0 Å². The molecule has 2 amide bonds. The summed E-state index contributed by atoms with van der Waals surface area (Å²) >= 11 is 0. The fourth-order valence-corrected chi connectivity index (χ4v) is 2.09. The first-order chi connectivity index (χ1) is 10.6. The lowest BCUT2D eigenvalue weighted by Gasteiger charge is -2.14. The highest BCUT2D eigenvalue weighted by Gasteiger charge is 2.11. The number of benzene rings is 2. The van der Waals surface area contributed by atoms with E-state index in [-0.39, 0.29) is 17.9 Å². The molecular formula is C18H20N2O2. The van der Waals surface area contributed by atoms with Crippen LogP contribution in [0.4, 0.5) is 5.69 Å². The second-order valence-corrected chi connectivity index (χ2v) is 5.09. The molecule has 0 radical (unpaired) electrons. The summed E-state index contributed by atoms with van der Waals surface area (Å²) in [5.41, 5.74) is 2.20. The summed E-state index contributed by atoms with van der Waals surface area (Å²) in [5, 5.41) is 5.71. The minimum absolute atomic E-state index is 0.0739. The fraction of sp³-hybridized carbons (Fsp3) is 0.222. The second-order valence-electron chi connectivity index (χ2n) is 5.09. The van der Waals surface area contributed by atoms with Crippen LogP contribution in [0.1, 0.15) is 42.2 Å². The van der Waals surface area contributed by atoms with E-state index >= 15 is 0 Å². The van der Waals surface area contributed by atoms with E-state index in [4.69, 9.17) is 0 Å². The van der Waals surface area contributed by atoms with Gasteiger partial charge in [0.2, 0.25) is 5.91 Å². The first kappa shape index (κ1) is 15.8. The van der Waals surface area contributed by atoms with Crippen molar-refractivity contribution in [1.82, 2.24) is 5.32 Å². The predicted molar refractivity (Wildman–Crippen MR) is 87.7 cm³/mol. The molecule has 0 heterocycles. The van der Waals surface area contributed by atoms with Crippen molar-refractivity contribution < 1.29 is 9.59 Å². The number of carbonyl (C=O) groups excluding carboxylic acids is 2. The predicted octanol–water partition coefficient (Wildman–Crippen LogP) is 3.53. The maximum Gasteiger partial charge on any atom is 0.251 e. The Bertz CT molecular complexity index is 653. The highest BCUT2D eigenvalue weighted by atomic mass is 16.2. The Morgan fingerprint density at radius 2 is 1.77 bits per heavy atom. The molecule has 0 aliphatic rings. The summed E-state index contributed by atoms with van der Waals surface area (Å²) < 4.78 is 0. The second kappa shape index (κ2) is 7.41. The summed E-state index contributed by atoms with van der Waals surface area (Å²) in [7, 11) is 0. The van der Waals surface area contributed by atoms with Gasteiger partial charge in [-0.1, -0.05) is 43.3 Å². The van der Waals surface area contributed by atoms with E-state index in [0.29, 0.717) is 17.7 Å². The largest absolute Gasteiger partial charge is 0.346 e. The molecule has 0 aliphatic heterocycles. The zero-order valence-electron chi connectivity index (χ0n) is 12.8. The number of amides is 2.